The first-order valence-electron chi connectivity index (χ1n) is 5.33. The van der Waals surface area contributed by atoms with Crippen LogP contribution in [-0.2, 0) is 23.9 Å². The van der Waals surface area contributed by atoms with E-state index >= 15 is 0 Å². The number of rotatable bonds is 2. The summed E-state index contributed by atoms with van der Waals surface area (Å²) in [5.41, 5.74) is 0. The van der Waals surface area contributed by atoms with E-state index in [2.05, 4.69) is 0 Å². The number of fused-ring (bicyclic) bond motifs is 1. The molecule has 0 N–H and O–H groups in total. The first-order chi connectivity index (χ1) is 7.56. The Labute approximate surface area is 93.4 Å². The summed E-state index contributed by atoms with van der Waals surface area (Å²) in [6, 6.07) is -0.207. The molecule has 6 nitrogen and oxygen atoms in total. The van der Waals surface area contributed by atoms with Crippen LogP contribution in [0.3, 0.4) is 0 Å². The lowest BCUT2D eigenvalue weighted by Gasteiger charge is -2.18. The van der Waals surface area contributed by atoms with Crippen molar-refractivity contribution in [2.45, 2.75) is 32.1 Å². The van der Waals surface area contributed by atoms with Crippen molar-refractivity contribution in [1.29, 1.82) is 0 Å². The molecule has 0 aromatic heterocycles. The molecule has 6 heteroatoms. The second-order valence-electron chi connectivity index (χ2n) is 3.98. The molecule has 0 aromatic rings. The molecule has 2 rings (SSSR count). The van der Waals surface area contributed by atoms with Gasteiger partial charge < -0.3 is 9.47 Å². The van der Waals surface area contributed by atoms with Gasteiger partial charge in [-0.15, -0.1) is 0 Å². The molecule has 2 heterocycles. The minimum atomic E-state index is -0.868. The Kier molecular flexibility index (Phi) is 2.86. The quantitative estimate of drug-likeness (QED) is 0.607. The lowest BCUT2D eigenvalue weighted by Crippen LogP contribution is -2.35. The van der Waals surface area contributed by atoms with Crippen LogP contribution in [0.1, 0.15) is 13.8 Å². The third kappa shape index (κ3) is 1.58. The first kappa shape index (κ1) is 11.3. The third-order valence-electron chi connectivity index (χ3n) is 2.97. The fourth-order valence-electron chi connectivity index (χ4n) is 2.32. The minimum absolute atomic E-state index is 0.207. The second kappa shape index (κ2) is 4.03. The molecule has 0 aromatic carbocycles. The van der Waals surface area contributed by atoms with Crippen LogP contribution in [0.4, 0.5) is 0 Å². The minimum Gasteiger partial charge on any atom is -0.464 e. The average molecular weight is 229 g/mol. The highest BCUT2D eigenvalue weighted by molar-refractivity contribution is 5.86. The molecule has 4 atom stereocenters. The highest BCUT2D eigenvalue weighted by atomic mass is 16.7. The van der Waals surface area contributed by atoms with Crippen molar-refractivity contribution in [2.75, 3.05) is 13.7 Å². The van der Waals surface area contributed by atoms with Crippen LogP contribution in [0, 0.1) is 5.92 Å². The number of carbonyl (C=O) groups excluding carboxylic acids is 2. The summed E-state index contributed by atoms with van der Waals surface area (Å²) in [5.74, 6) is -1.47. The molecule has 2 aliphatic heterocycles. The number of nitrogens with zero attached hydrogens (tertiary/aromatic N) is 1. The Morgan fingerprint density at radius 2 is 2.25 bits per heavy atom. The van der Waals surface area contributed by atoms with Crippen LogP contribution >= 0.6 is 0 Å². The van der Waals surface area contributed by atoms with Gasteiger partial charge in [-0.2, -0.15) is 5.06 Å². The first-order valence-corrected chi connectivity index (χ1v) is 5.33. The zero-order valence-electron chi connectivity index (χ0n) is 9.50. The number of cyclic esters (lactones) is 1. The predicted octanol–water partition coefficient (Wildman–Crippen LogP) is -0.275. The molecule has 2 fully saturated rings. The maximum Gasteiger partial charge on any atom is 0.338 e. The maximum absolute atomic E-state index is 11.6. The summed E-state index contributed by atoms with van der Waals surface area (Å²) in [6.45, 7) is 3.77. The van der Waals surface area contributed by atoms with Gasteiger partial charge in [-0.25, -0.2) is 4.79 Å². The highest BCUT2D eigenvalue weighted by Gasteiger charge is 2.58. The normalized spacial score (nSPS) is 38.3. The molecule has 0 unspecified atom stereocenters. The van der Waals surface area contributed by atoms with Crippen molar-refractivity contribution < 1.29 is 23.9 Å². The van der Waals surface area contributed by atoms with E-state index < -0.39 is 18.0 Å². The summed E-state index contributed by atoms with van der Waals surface area (Å²) in [6.07, 6.45) is -1.13. The highest BCUT2D eigenvalue weighted by Crippen LogP contribution is 2.36. The number of esters is 2. The van der Waals surface area contributed by atoms with Gasteiger partial charge in [-0.05, 0) is 13.8 Å². The molecule has 2 aliphatic rings. The van der Waals surface area contributed by atoms with Gasteiger partial charge in [-0.1, -0.05) is 0 Å². The molecule has 90 valence electrons. The van der Waals surface area contributed by atoms with Crippen LogP contribution < -0.4 is 0 Å². The Hall–Kier alpha value is -1.14. The lowest BCUT2D eigenvalue weighted by molar-refractivity contribution is -0.193. The van der Waals surface area contributed by atoms with E-state index in [1.807, 2.05) is 0 Å². The van der Waals surface area contributed by atoms with Crippen molar-refractivity contribution >= 4 is 11.9 Å². The fraction of sp³-hybridized carbons (Fsp3) is 0.800. The summed E-state index contributed by atoms with van der Waals surface area (Å²) >= 11 is 0. The second-order valence-corrected chi connectivity index (χ2v) is 3.98. The molecule has 0 amide bonds. The van der Waals surface area contributed by atoms with E-state index in [4.69, 9.17) is 14.3 Å². The van der Waals surface area contributed by atoms with E-state index in [0.717, 1.165) is 0 Å². The number of ether oxygens (including phenoxy) is 2. The van der Waals surface area contributed by atoms with Crippen molar-refractivity contribution in [2.24, 2.45) is 5.92 Å². The predicted molar refractivity (Wildman–Crippen MR) is 52.1 cm³/mol. The van der Waals surface area contributed by atoms with Crippen LogP contribution in [-0.4, -0.2) is 48.9 Å². The molecule has 0 bridgehead atoms. The SMILES string of the molecule is CCOC(=O)[C@@H]1ON(C)[C@H]2[C@@H]1C(=O)O[C@H]2C. The summed E-state index contributed by atoms with van der Waals surface area (Å²) in [4.78, 5) is 28.5. The van der Waals surface area contributed by atoms with E-state index in [1.165, 1.54) is 5.06 Å². The van der Waals surface area contributed by atoms with Gasteiger partial charge in [0.1, 0.15) is 12.0 Å². The van der Waals surface area contributed by atoms with Crippen molar-refractivity contribution in [1.82, 2.24) is 5.06 Å². The van der Waals surface area contributed by atoms with Crippen LogP contribution in [0.25, 0.3) is 0 Å². The van der Waals surface area contributed by atoms with E-state index in [9.17, 15) is 9.59 Å². The Morgan fingerprint density at radius 3 is 2.88 bits per heavy atom. The van der Waals surface area contributed by atoms with Crippen molar-refractivity contribution in [3.05, 3.63) is 0 Å². The average Bonchev–Trinajstić information content (AvgIpc) is 2.69. The maximum atomic E-state index is 11.6. The van der Waals surface area contributed by atoms with Crippen molar-refractivity contribution in [3.63, 3.8) is 0 Å². The monoisotopic (exact) mass is 229 g/mol. The van der Waals surface area contributed by atoms with Gasteiger partial charge >= 0.3 is 11.9 Å². The van der Waals surface area contributed by atoms with Gasteiger partial charge in [-0.3, -0.25) is 9.63 Å². The zero-order chi connectivity index (χ0) is 11.9. The number of hydroxylamine groups is 2. The fourth-order valence-corrected chi connectivity index (χ4v) is 2.32. The molecule has 0 saturated carbocycles. The number of likely N-dealkylation sites (N-methyl/N-ethyl adjacent to an activating group) is 1. The molecule has 16 heavy (non-hydrogen) atoms. The number of carbonyl (C=O) groups is 2. The van der Waals surface area contributed by atoms with Gasteiger partial charge in [0, 0.05) is 7.05 Å². The molecule has 2 saturated heterocycles. The van der Waals surface area contributed by atoms with Crippen LogP contribution in [0.5, 0.6) is 0 Å². The van der Waals surface area contributed by atoms with Gasteiger partial charge in [0.2, 0.25) is 0 Å². The molecular weight excluding hydrogens is 214 g/mol. The molecule has 0 spiro atoms. The summed E-state index contributed by atoms with van der Waals surface area (Å²) in [5, 5.41) is 1.52. The standard InChI is InChI=1S/C10H15NO5/c1-4-14-10(13)8-6-7(11(3)16-8)5(2)15-9(6)12/h5-8H,4H2,1-3H3/t5-,6-,7+,8+/m0/s1. The Morgan fingerprint density at radius 1 is 1.56 bits per heavy atom. The summed E-state index contributed by atoms with van der Waals surface area (Å²) < 4.78 is 9.96. The largest absolute Gasteiger partial charge is 0.464 e. The van der Waals surface area contributed by atoms with E-state index in [0.29, 0.717) is 0 Å². The molecule has 0 aliphatic carbocycles. The summed E-state index contributed by atoms with van der Waals surface area (Å²) in [7, 11) is 1.69. The molecular formula is C10H15NO5. The topological polar surface area (TPSA) is 65.1 Å². The lowest BCUT2D eigenvalue weighted by atomic mass is 9.95. The smallest absolute Gasteiger partial charge is 0.338 e. The molecule has 0 radical (unpaired) electrons. The van der Waals surface area contributed by atoms with Crippen molar-refractivity contribution in [3.8, 4) is 0 Å². The zero-order valence-corrected chi connectivity index (χ0v) is 9.50. The Balaban J connectivity index is 2.18. The number of hydrogen-bond donors (Lipinski definition) is 0. The van der Waals surface area contributed by atoms with Gasteiger partial charge in [0.25, 0.3) is 0 Å². The third-order valence-corrected chi connectivity index (χ3v) is 2.97. The van der Waals surface area contributed by atoms with Gasteiger partial charge in [0.05, 0.1) is 12.6 Å². The number of hydrogen-bond acceptors (Lipinski definition) is 6. The van der Waals surface area contributed by atoms with Gasteiger partial charge in [0.15, 0.2) is 6.10 Å². The van der Waals surface area contributed by atoms with Crippen LogP contribution in [0.2, 0.25) is 0 Å². The van der Waals surface area contributed by atoms with E-state index in [1.54, 1.807) is 20.9 Å². The Bertz CT molecular complexity index is 318. The van der Waals surface area contributed by atoms with Crippen LogP contribution in [0.15, 0.2) is 0 Å². The van der Waals surface area contributed by atoms with E-state index in [-0.39, 0.29) is 24.7 Å².